The Bertz CT molecular complexity index is 1190. The molecule has 0 aromatic heterocycles. The summed E-state index contributed by atoms with van der Waals surface area (Å²) in [6, 6.07) is 15.1. The molecule has 2 N–H and O–H groups in total. The van der Waals surface area contributed by atoms with Crippen molar-refractivity contribution in [3.63, 3.8) is 0 Å². The molecule has 190 valence electrons. The Kier molecular flexibility index (Phi) is 6.74. The molecule has 2 aromatic rings. The van der Waals surface area contributed by atoms with E-state index in [9.17, 15) is 14.7 Å². The van der Waals surface area contributed by atoms with Crippen molar-refractivity contribution in [3.05, 3.63) is 70.1 Å². The van der Waals surface area contributed by atoms with Crippen LogP contribution in [0, 0.1) is 0 Å². The van der Waals surface area contributed by atoms with Crippen molar-refractivity contribution in [1.29, 1.82) is 0 Å². The SMILES string of the molecule is CC(C)(C)c1ccc(OCC(O)CC2OC3=C(SC24CCNCC4)C(=O)C(=O)c2ccccc23)cc1. The smallest absolute Gasteiger partial charge is 0.243 e. The highest BCUT2D eigenvalue weighted by atomic mass is 32.2. The quantitative estimate of drug-likeness (QED) is 0.577. The number of Topliss-reactive ketones (excluding diaryl/α,β-unsaturated/α-hetero) is 2. The summed E-state index contributed by atoms with van der Waals surface area (Å²) in [5.41, 5.74) is 2.32. The van der Waals surface area contributed by atoms with Crippen LogP contribution >= 0.6 is 11.8 Å². The molecule has 36 heavy (non-hydrogen) atoms. The van der Waals surface area contributed by atoms with E-state index in [-0.39, 0.29) is 22.9 Å². The maximum atomic E-state index is 13.0. The van der Waals surface area contributed by atoms with E-state index in [2.05, 4.69) is 38.2 Å². The molecule has 2 aromatic carbocycles. The van der Waals surface area contributed by atoms with Crippen LogP contribution in [0.5, 0.6) is 5.75 Å². The maximum Gasteiger partial charge on any atom is 0.243 e. The number of aliphatic hydroxyl groups excluding tert-OH is 1. The number of aliphatic hydroxyl groups is 1. The number of benzene rings is 2. The van der Waals surface area contributed by atoms with Gasteiger partial charge in [0.15, 0.2) is 0 Å². The predicted molar refractivity (Wildman–Crippen MR) is 141 cm³/mol. The zero-order valence-corrected chi connectivity index (χ0v) is 21.8. The zero-order chi connectivity index (χ0) is 25.5. The Balaban J connectivity index is 1.35. The van der Waals surface area contributed by atoms with Crippen LogP contribution in [-0.2, 0) is 14.9 Å². The molecule has 3 aliphatic rings. The number of hydrogen-bond acceptors (Lipinski definition) is 7. The van der Waals surface area contributed by atoms with Crippen LogP contribution in [0.15, 0.2) is 53.4 Å². The Morgan fingerprint density at radius 1 is 1.06 bits per heavy atom. The molecular weight excluding hydrogens is 474 g/mol. The van der Waals surface area contributed by atoms with E-state index < -0.39 is 17.7 Å². The van der Waals surface area contributed by atoms with Gasteiger partial charge in [-0.3, -0.25) is 9.59 Å². The molecule has 0 bridgehead atoms. The topological polar surface area (TPSA) is 84.9 Å². The molecule has 1 spiro atoms. The zero-order valence-electron chi connectivity index (χ0n) is 21.0. The van der Waals surface area contributed by atoms with Crippen LogP contribution in [0.3, 0.4) is 0 Å². The van der Waals surface area contributed by atoms with E-state index in [1.54, 1.807) is 12.1 Å². The van der Waals surface area contributed by atoms with Gasteiger partial charge >= 0.3 is 0 Å². The third kappa shape index (κ3) is 4.72. The van der Waals surface area contributed by atoms with Gasteiger partial charge in [0.2, 0.25) is 11.6 Å². The number of thioether (sulfide) groups is 1. The molecule has 2 aliphatic heterocycles. The highest BCUT2D eigenvalue weighted by molar-refractivity contribution is 8.05. The van der Waals surface area contributed by atoms with Crippen LogP contribution in [0.2, 0.25) is 0 Å². The van der Waals surface area contributed by atoms with Crippen LogP contribution in [0.25, 0.3) is 5.76 Å². The van der Waals surface area contributed by atoms with Crippen molar-refractivity contribution in [1.82, 2.24) is 5.32 Å². The van der Waals surface area contributed by atoms with Crippen LogP contribution in [0.1, 0.15) is 61.5 Å². The minimum absolute atomic E-state index is 0.0640. The van der Waals surface area contributed by atoms with Gasteiger partial charge in [0.05, 0.1) is 10.9 Å². The summed E-state index contributed by atoms with van der Waals surface area (Å²) in [6.07, 6.45) is 0.865. The number of allylic oxidation sites excluding steroid dienone is 1. The van der Waals surface area contributed by atoms with Gasteiger partial charge in [0, 0.05) is 17.5 Å². The first kappa shape index (κ1) is 25.1. The number of rotatable bonds is 5. The van der Waals surface area contributed by atoms with E-state index in [4.69, 9.17) is 9.47 Å². The average molecular weight is 508 g/mol. The maximum absolute atomic E-state index is 13.0. The lowest BCUT2D eigenvalue weighted by molar-refractivity contribution is -0.111. The fourth-order valence-corrected chi connectivity index (χ4v) is 6.68. The number of nitrogens with one attached hydrogen (secondary N) is 1. The number of carbonyl (C=O) groups excluding carboxylic acids is 2. The van der Waals surface area contributed by atoms with Crippen molar-refractivity contribution in [2.24, 2.45) is 0 Å². The third-order valence-electron chi connectivity index (χ3n) is 7.29. The number of fused-ring (bicyclic) bond motifs is 2. The highest BCUT2D eigenvalue weighted by Gasteiger charge is 2.51. The summed E-state index contributed by atoms with van der Waals surface area (Å²) in [5.74, 6) is 0.217. The van der Waals surface area contributed by atoms with Crippen molar-refractivity contribution >= 4 is 29.1 Å². The van der Waals surface area contributed by atoms with Gasteiger partial charge in [-0.25, -0.2) is 0 Å². The second kappa shape index (κ2) is 9.69. The van der Waals surface area contributed by atoms with Crippen molar-refractivity contribution < 1.29 is 24.2 Å². The van der Waals surface area contributed by atoms with Crippen LogP contribution < -0.4 is 10.1 Å². The lowest BCUT2D eigenvalue weighted by Gasteiger charge is -2.48. The van der Waals surface area contributed by atoms with E-state index >= 15 is 0 Å². The monoisotopic (exact) mass is 507 g/mol. The standard InChI is InChI=1S/C29H33NO5S/c1-28(2,3)18-8-10-20(11-9-18)34-17-19(31)16-23-29(12-14-30-15-13-29)36-27-25(33)24(32)21-6-4-5-7-22(21)26(27)35-23/h4-11,19,23,30-31H,12-17H2,1-3H3. The fourth-order valence-electron chi connectivity index (χ4n) is 5.15. The second-order valence-electron chi connectivity index (χ2n) is 10.9. The Morgan fingerprint density at radius 3 is 2.39 bits per heavy atom. The molecule has 0 saturated carbocycles. The van der Waals surface area contributed by atoms with E-state index in [1.165, 1.54) is 17.3 Å². The molecule has 2 heterocycles. The van der Waals surface area contributed by atoms with Gasteiger partial charge in [-0.2, -0.15) is 0 Å². The van der Waals surface area contributed by atoms with Crippen molar-refractivity contribution in [2.75, 3.05) is 19.7 Å². The first-order valence-electron chi connectivity index (χ1n) is 12.6. The lowest BCUT2D eigenvalue weighted by Crippen LogP contribution is -2.52. The number of piperidine rings is 1. The third-order valence-corrected chi connectivity index (χ3v) is 8.94. The van der Waals surface area contributed by atoms with Gasteiger partial charge in [-0.1, -0.05) is 57.2 Å². The predicted octanol–water partition coefficient (Wildman–Crippen LogP) is 4.50. The lowest BCUT2D eigenvalue weighted by atomic mass is 9.86. The van der Waals surface area contributed by atoms with Crippen LogP contribution in [0.4, 0.5) is 0 Å². The van der Waals surface area contributed by atoms with E-state index in [1.807, 2.05) is 24.3 Å². The van der Waals surface area contributed by atoms with Gasteiger partial charge in [0.1, 0.15) is 29.1 Å². The Hall–Kier alpha value is -2.61. The molecule has 5 rings (SSSR count). The number of ether oxygens (including phenoxy) is 2. The first-order valence-corrected chi connectivity index (χ1v) is 13.4. The summed E-state index contributed by atoms with van der Waals surface area (Å²) >= 11 is 1.47. The molecule has 2 unspecified atom stereocenters. The molecule has 1 saturated heterocycles. The highest BCUT2D eigenvalue weighted by Crippen LogP contribution is 2.53. The molecule has 6 nitrogen and oxygen atoms in total. The minimum atomic E-state index is -0.747. The van der Waals surface area contributed by atoms with E-state index in [0.717, 1.165) is 25.9 Å². The first-order chi connectivity index (χ1) is 17.2. The van der Waals surface area contributed by atoms with Crippen molar-refractivity contribution in [2.45, 2.75) is 62.4 Å². The minimum Gasteiger partial charge on any atom is -0.491 e. The molecule has 1 fully saturated rings. The molecule has 7 heteroatoms. The molecule has 2 atom stereocenters. The van der Waals surface area contributed by atoms with Gasteiger partial charge in [-0.05, 0) is 49.0 Å². The second-order valence-corrected chi connectivity index (χ2v) is 12.3. The summed E-state index contributed by atoms with van der Waals surface area (Å²) in [7, 11) is 0. The molecular formula is C29H33NO5S. The largest absolute Gasteiger partial charge is 0.491 e. The normalized spacial score (nSPS) is 22.1. The number of ketones is 2. The number of hydrogen-bond donors (Lipinski definition) is 2. The fraction of sp³-hybridized carbons (Fsp3) is 0.448. The van der Waals surface area contributed by atoms with Crippen LogP contribution in [-0.4, -0.2) is 53.3 Å². The summed E-state index contributed by atoms with van der Waals surface area (Å²) in [5, 5.41) is 14.4. The van der Waals surface area contributed by atoms with Gasteiger partial charge in [-0.15, -0.1) is 11.8 Å². The average Bonchev–Trinajstić information content (AvgIpc) is 2.87. The molecule has 1 aliphatic carbocycles. The molecule has 0 amide bonds. The number of carbonyl (C=O) groups is 2. The van der Waals surface area contributed by atoms with Crippen molar-refractivity contribution in [3.8, 4) is 5.75 Å². The molecule has 0 radical (unpaired) electrons. The van der Waals surface area contributed by atoms with E-state index in [0.29, 0.717) is 34.0 Å². The summed E-state index contributed by atoms with van der Waals surface area (Å²) < 4.78 is 12.1. The Morgan fingerprint density at radius 2 is 1.72 bits per heavy atom. The summed E-state index contributed by atoms with van der Waals surface area (Å²) in [6.45, 7) is 8.23. The Labute approximate surface area is 216 Å². The van der Waals surface area contributed by atoms with Gasteiger partial charge < -0.3 is 19.9 Å². The summed E-state index contributed by atoms with van der Waals surface area (Å²) in [4.78, 5) is 26.2. The van der Waals surface area contributed by atoms with Gasteiger partial charge in [0.25, 0.3) is 0 Å².